The van der Waals surface area contributed by atoms with Crippen LogP contribution in [0.4, 0.5) is 10.5 Å². The van der Waals surface area contributed by atoms with E-state index in [1.807, 2.05) is 45.9 Å². The van der Waals surface area contributed by atoms with Crippen molar-refractivity contribution in [2.45, 2.75) is 206 Å². The van der Waals surface area contributed by atoms with Crippen LogP contribution in [-0.4, -0.2) is 191 Å². The molecule has 90 heavy (non-hydrogen) atoms. The largest absolute Gasteiger partial charge is 0.445 e. The average Bonchev–Trinajstić information content (AvgIpc) is 3.51. The molecule has 0 spiro atoms. The van der Waals surface area contributed by atoms with Crippen LogP contribution in [0, 0.1) is 29.6 Å². The van der Waals surface area contributed by atoms with E-state index in [1.165, 1.54) is 49.8 Å². The van der Waals surface area contributed by atoms with Crippen molar-refractivity contribution in [2.24, 2.45) is 29.6 Å². The van der Waals surface area contributed by atoms with E-state index in [9.17, 15) is 53.1 Å². The molecule has 1 unspecified atom stereocenters. The van der Waals surface area contributed by atoms with Crippen molar-refractivity contribution >= 4 is 76.7 Å². The first kappa shape index (κ1) is 75.8. The van der Waals surface area contributed by atoms with Gasteiger partial charge in [0, 0.05) is 59.9 Å². The van der Waals surface area contributed by atoms with E-state index in [2.05, 4.69) is 26.6 Å². The lowest BCUT2D eigenvalue weighted by atomic mass is 9.89. The fourth-order valence-corrected chi connectivity index (χ4v) is 12.5. The molecule has 0 aromatic heterocycles. The SMILES string of the molecule is CC[C@H](C)[C@@H]([C@@H](CC(=O)N1CCC[C@H]1[C@H](OC)[C@@H](C)C(=O)N[C@H](C)[C@@H](O)c1ccccc1)OC)N(C)C(=O)[C@@H](NC(=O)[C@H](C(C)C)N(C)C(=O)OCc1ccc(NC(=O)[C@H](C)NC(=O)[C@@H](NC(=O)CCCCCN2C(=O)CC(SC)C2=O)C(C)C)cc1)C(C)C. The van der Waals surface area contributed by atoms with E-state index in [0.717, 1.165) is 0 Å². The Hall–Kier alpha value is -6.63. The first-order valence-electron chi connectivity index (χ1n) is 31.7. The van der Waals surface area contributed by atoms with Gasteiger partial charge in [0.2, 0.25) is 53.2 Å². The Balaban J connectivity index is 1.31. The zero-order valence-electron chi connectivity index (χ0n) is 55.9. The number of amides is 10. The second-order valence-corrected chi connectivity index (χ2v) is 26.2. The Bertz CT molecular complexity index is 2720. The predicted molar refractivity (Wildman–Crippen MR) is 345 cm³/mol. The number of nitrogens with one attached hydrogen (secondary N) is 5. The molecule has 2 fully saturated rings. The van der Waals surface area contributed by atoms with Crippen molar-refractivity contribution in [3.63, 3.8) is 0 Å². The lowest BCUT2D eigenvalue weighted by Crippen LogP contribution is -2.60. The van der Waals surface area contributed by atoms with Gasteiger partial charge < -0.3 is 55.7 Å². The Morgan fingerprint density at radius 2 is 1.38 bits per heavy atom. The van der Waals surface area contributed by atoms with Crippen LogP contribution < -0.4 is 26.6 Å². The molecule has 2 aliphatic rings. The number of hydrogen-bond donors (Lipinski definition) is 6. The van der Waals surface area contributed by atoms with Crippen LogP contribution in [0.1, 0.15) is 151 Å². The minimum Gasteiger partial charge on any atom is -0.445 e. The molecule has 2 saturated heterocycles. The predicted octanol–water partition coefficient (Wildman–Crippen LogP) is 6.21. The van der Waals surface area contributed by atoms with Crippen molar-refractivity contribution < 1.29 is 67.3 Å². The number of ether oxygens (including phenoxy) is 3. The fourth-order valence-electron chi connectivity index (χ4n) is 11.8. The molecule has 6 N–H and O–H groups in total. The molecular weight excluding hydrogens is 1170 g/mol. The number of imide groups is 1. The quantitative estimate of drug-likeness (QED) is 0.0330. The number of methoxy groups -OCH3 is 2. The number of likely N-dealkylation sites (tertiary alicyclic amines) is 2. The molecule has 0 aliphatic carbocycles. The number of nitrogens with zero attached hydrogens (tertiary/aromatic N) is 4. The van der Waals surface area contributed by atoms with Gasteiger partial charge in [-0.05, 0) is 92.7 Å². The molecule has 2 aromatic rings. The number of anilines is 1. The van der Waals surface area contributed by atoms with Gasteiger partial charge >= 0.3 is 6.09 Å². The number of carbonyl (C=O) groups excluding carboxylic acids is 10. The zero-order chi connectivity index (χ0) is 67.3. The molecule has 13 atom stereocenters. The van der Waals surface area contributed by atoms with Crippen LogP contribution in [0.25, 0.3) is 0 Å². The summed E-state index contributed by atoms with van der Waals surface area (Å²) in [4.78, 5) is 141. The van der Waals surface area contributed by atoms with E-state index in [0.29, 0.717) is 68.4 Å². The summed E-state index contributed by atoms with van der Waals surface area (Å²) in [6.07, 6.45) is 2.52. The first-order valence-corrected chi connectivity index (χ1v) is 33.0. The minimum atomic E-state index is -1.06. The normalized spacial score (nSPS) is 18.8. The summed E-state index contributed by atoms with van der Waals surface area (Å²) < 4.78 is 17.7. The summed E-state index contributed by atoms with van der Waals surface area (Å²) in [5.74, 6) is -5.21. The fraction of sp³-hybridized carbons (Fsp3) is 0.667. The van der Waals surface area contributed by atoms with Gasteiger partial charge in [-0.2, -0.15) is 11.8 Å². The summed E-state index contributed by atoms with van der Waals surface area (Å²) in [5, 5.41) is 24.7. The van der Waals surface area contributed by atoms with Crippen LogP contribution in [0.5, 0.6) is 0 Å². The van der Waals surface area contributed by atoms with E-state index in [-0.39, 0.29) is 72.5 Å². The topological polar surface area (TPSA) is 292 Å². The Kier molecular flexibility index (Phi) is 30.7. The number of unbranched alkanes of at least 4 members (excludes halogenated alkanes) is 2. The zero-order valence-corrected chi connectivity index (χ0v) is 56.7. The monoisotopic (exact) mass is 1280 g/mol. The van der Waals surface area contributed by atoms with Crippen molar-refractivity contribution in [1.82, 2.24) is 40.9 Å². The van der Waals surface area contributed by atoms with Gasteiger partial charge in [0.1, 0.15) is 30.8 Å². The molecule has 502 valence electrons. The minimum absolute atomic E-state index is 0.0793. The van der Waals surface area contributed by atoms with Gasteiger partial charge in [-0.15, -0.1) is 0 Å². The van der Waals surface area contributed by atoms with Gasteiger partial charge in [0.25, 0.3) is 0 Å². The summed E-state index contributed by atoms with van der Waals surface area (Å²) in [6.45, 7) is 20.3. The van der Waals surface area contributed by atoms with Gasteiger partial charge in [-0.1, -0.05) is 118 Å². The smallest absolute Gasteiger partial charge is 0.410 e. The number of thioether (sulfide) groups is 1. The highest BCUT2D eigenvalue weighted by Crippen LogP contribution is 2.31. The third-order valence-electron chi connectivity index (χ3n) is 17.5. The number of aliphatic hydroxyl groups excluding tert-OH is 1. The summed E-state index contributed by atoms with van der Waals surface area (Å²) in [7, 11) is 6.12. The summed E-state index contributed by atoms with van der Waals surface area (Å²) >= 11 is 1.36. The van der Waals surface area contributed by atoms with Crippen LogP contribution >= 0.6 is 11.8 Å². The standard InChI is InChI=1S/C66H103N9O14S/c1-17-41(8)57(49(87-14)35-52(77)74-34-24-27-48(74)59(88-15)42(9)60(80)67-43(10)58(79)46-25-20-18-21-26-46)72(12)65(85)55(39(4)5)71-63(83)56(40(6)7)73(13)66(86)89-37-45-29-31-47(32-30-45)69-61(81)44(11)68-62(82)54(38(2)3)70-51(76)28-22-19-23-33-75-53(78)36-50(90-16)64(75)84/h18,20-21,25-26,29-32,38-44,48-50,54-59,79H,17,19,22-24,27-28,33-37H2,1-16H3,(H,67,80)(H,68,82)(H,69,81)(H,70,76)(H,71,83)/t41-,42+,43+,44-,48-,49+,50?,54-,55-,56-,57-,58+,59+/m0/s1. The maximum atomic E-state index is 14.8. The average molecular weight is 1280 g/mol. The number of aliphatic hydroxyl groups is 1. The number of benzene rings is 2. The lowest BCUT2D eigenvalue weighted by molar-refractivity contribution is -0.148. The lowest BCUT2D eigenvalue weighted by Gasteiger charge is -2.41. The molecule has 2 aliphatic heterocycles. The molecule has 0 bridgehead atoms. The molecule has 0 radical (unpaired) electrons. The van der Waals surface area contributed by atoms with E-state index in [4.69, 9.17) is 14.2 Å². The molecule has 2 heterocycles. The maximum absolute atomic E-state index is 14.8. The Labute approximate surface area is 537 Å². The van der Waals surface area contributed by atoms with Gasteiger partial charge in [-0.3, -0.25) is 53.0 Å². The highest BCUT2D eigenvalue weighted by Gasteiger charge is 2.44. The van der Waals surface area contributed by atoms with Crippen molar-refractivity contribution in [3.8, 4) is 0 Å². The number of hydrogen-bond acceptors (Lipinski definition) is 15. The van der Waals surface area contributed by atoms with Gasteiger partial charge in [0.05, 0.1) is 54.0 Å². The van der Waals surface area contributed by atoms with E-state index >= 15 is 0 Å². The van der Waals surface area contributed by atoms with Gasteiger partial charge in [-0.25, -0.2) is 4.79 Å². The van der Waals surface area contributed by atoms with Crippen LogP contribution in [-0.2, 0) is 64.0 Å². The van der Waals surface area contributed by atoms with Crippen LogP contribution in [0.2, 0.25) is 0 Å². The second-order valence-electron chi connectivity index (χ2n) is 25.2. The number of rotatable bonds is 35. The molecule has 4 rings (SSSR count). The Morgan fingerprint density at radius 3 is 1.94 bits per heavy atom. The van der Waals surface area contributed by atoms with Crippen molar-refractivity contribution in [2.75, 3.05) is 53.0 Å². The van der Waals surface area contributed by atoms with Crippen LogP contribution in [0.15, 0.2) is 54.6 Å². The maximum Gasteiger partial charge on any atom is 0.410 e. The second kappa shape index (κ2) is 36.4. The van der Waals surface area contributed by atoms with E-state index in [1.54, 1.807) is 101 Å². The van der Waals surface area contributed by atoms with E-state index < -0.39 is 108 Å². The highest BCUT2D eigenvalue weighted by atomic mass is 32.2. The molecule has 0 saturated carbocycles. The van der Waals surface area contributed by atoms with Gasteiger partial charge in [0.15, 0.2) is 0 Å². The first-order chi connectivity index (χ1) is 42.5. The highest BCUT2D eigenvalue weighted by molar-refractivity contribution is 8.00. The summed E-state index contributed by atoms with van der Waals surface area (Å²) in [5.41, 5.74) is 1.64. The number of carbonyl (C=O) groups is 10. The molecule has 24 heteroatoms. The Morgan fingerprint density at radius 1 is 0.733 bits per heavy atom. The molecule has 2 aromatic carbocycles. The van der Waals surface area contributed by atoms with Crippen LogP contribution in [0.3, 0.4) is 0 Å². The number of likely N-dealkylation sites (N-methyl/N-ethyl adjacent to an activating group) is 2. The van der Waals surface area contributed by atoms with Crippen molar-refractivity contribution in [3.05, 3.63) is 65.7 Å². The summed E-state index contributed by atoms with van der Waals surface area (Å²) in [6, 6.07) is 9.96. The molecule has 10 amide bonds. The third kappa shape index (κ3) is 21.0. The third-order valence-corrected chi connectivity index (χ3v) is 18.4. The molecule has 23 nitrogen and oxygen atoms in total. The van der Waals surface area contributed by atoms with Crippen molar-refractivity contribution in [1.29, 1.82) is 0 Å². The molecular formula is C66H103N9O14S.